The zero-order valence-corrected chi connectivity index (χ0v) is 27.2. The van der Waals surface area contributed by atoms with Crippen molar-refractivity contribution in [3.63, 3.8) is 0 Å². The first-order valence-electron chi connectivity index (χ1n) is 17.1. The molecule has 0 saturated heterocycles. The molecule has 0 spiro atoms. The van der Waals surface area contributed by atoms with Gasteiger partial charge >= 0.3 is 0 Å². The standard InChI is InChI=1S/C47H31N3/c1-3-12-32(13-4-1)34-23-26-37(27-24-34)49-44-28-25-36(31-42(44)46-45(49)22-11-29-48-46)39-19-10-20-41-40-18-7-8-21-43(40)50(47(39)41)38-17-9-16-35(30-38)33-14-5-2-6-15-33/h1-31H. The fourth-order valence-corrected chi connectivity index (χ4v) is 7.69. The Morgan fingerprint density at radius 1 is 0.340 bits per heavy atom. The fourth-order valence-electron chi connectivity index (χ4n) is 7.69. The van der Waals surface area contributed by atoms with E-state index in [2.05, 4.69) is 185 Å². The van der Waals surface area contributed by atoms with Crippen LogP contribution in [0, 0.1) is 0 Å². The largest absolute Gasteiger partial charge is 0.309 e. The van der Waals surface area contributed by atoms with Gasteiger partial charge in [-0.25, -0.2) is 0 Å². The Hall–Kier alpha value is -6.71. The van der Waals surface area contributed by atoms with Crippen LogP contribution in [0.3, 0.4) is 0 Å². The Morgan fingerprint density at radius 3 is 1.78 bits per heavy atom. The van der Waals surface area contributed by atoms with E-state index in [4.69, 9.17) is 4.98 Å². The number of pyridine rings is 1. The summed E-state index contributed by atoms with van der Waals surface area (Å²) in [7, 11) is 0. The maximum Gasteiger partial charge on any atom is 0.0963 e. The van der Waals surface area contributed by atoms with Gasteiger partial charge < -0.3 is 9.13 Å². The molecule has 0 amide bonds. The lowest BCUT2D eigenvalue weighted by Crippen LogP contribution is -1.96. The fraction of sp³-hybridized carbons (Fsp3) is 0. The monoisotopic (exact) mass is 637 g/mol. The topological polar surface area (TPSA) is 22.8 Å². The Balaban J connectivity index is 1.18. The van der Waals surface area contributed by atoms with Crippen LogP contribution in [0.15, 0.2) is 188 Å². The highest BCUT2D eigenvalue weighted by Gasteiger charge is 2.19. The summed E-state index contributed by atoms with van der Waals surface area (Å²) in [5, 5.41) is 3.62. The molecule has 0 aliphatic heterocycles. The van der Waals surface area contributed by atoms with Gasteiger partial charge in [0, 0.05) is 39.3 Å². The van der Waals surface area contributed by atoms with E-state index < -0.39 is 0 Å². The molecule has 0 saturated carbocycles. The molecule has 0 N–H and O–H groups in total. The third-order valence-corrected chi connectivity index (χ3v) is 9.97. The van der Waals surface area contributed by atoms with Crippen LogP contribution < -0.4 is 0 Å². The average Bonchev–Trinajstić information content (AvgIpc) is 3.71. The number of rotatable bonds is 5. The van der Waals surface area contributed by atoms with Gasteiger partial charge in [0.1, 0.15) is 0 Å². The van der Waals surface area contributed by atoms with Gasteiger partial charge in [0.2, 0.25) is 0 Å². The van der Waals surface area contributed by atoms with Crippen molar-refractivity contribution in [1.82, 2.24) is 14.1 Å². The number of hydrogen-bond donors (Lipinski definition) is 0. The second kappa shape index (κ2) is 11.5. The van der Waals surface area contributed by atoms with Gasteiger partial charge in [0.05, 0.1) is 27.6 Å². The minimum atomic E-state index is 1.000. The van der Waals surface area contributed by atoms with Gasteiger partial charge in [0.15, 0.2) is 0 Å². The van der Waals surface area contributed by atoms with Crippen LogP contribution in [0.25, 0.3) is 88.5 Å². The molecule has 3 nitrogen and oxygen atoms in total. The molecule has 50 heavy (non-hydrogen) atoms. The normalized spacial score (nSPS) is 11.6. The smallest absolute Gasteiger partial charge is 0.0963 e. The summed E-state index contributed by atoms with van der Waals surface area (Å²) in [5.74, 6) is 0. The summed E-state index contributed by atoms with van der Waals surface area (Å²) in [5.41, 5.74) is 15.1. The van der Waals surface area contributed by atoms with E-state index in [1.54, 1.807) is 0 Å². The molecule has 3 aromatic heterocycles. The molecular weight excluding hydrogens is 607 g/mol. The van der Waals surface area contributed by atoms with Crippen LogP contribution in [0.1, 0.15) is 0 Å². The first kappa shape index (κ1) is 28.3. The van der Waals surface area contributed by atoms with Crippen molar-refractivity contribution in [2.24, 2.45) is 0 Å². The lowest BCUT2D eigenvalue weighted by Gasteiger charge is -2.14. The van der Waals surface area contributed by atoms with Crippen LogP contribution in [-0.2, 0) is 0 Å². The molecule has 0 atom stereocenters. The Labute approximate surface area is 290 Å². The van der Waals surface area contributed by atoms with Gasteiger partial charge in [-0.2, -0.15) is 0 Å². The zero-order chi connectivity index (χ0) is 33.0. The first-order chi connectivity index (χ1) is 24.8. The predicted octanol–water partition coefficient (Wildman–Crippen LogP) is 12.3. The summed E-state index contributed by atoms with van der Waals surface area (Å²) in [6.45, 7) is 0. The number of nitrogens with zero attached hydrogens (tertiary/aromatic N) is 3. The number of hydrogen-bond acceptors (Lipinski definition) is 1. The minimum Gasteiger partial charge on any atom is -0.309 e. The van der Waals surface area contributed by atoms with Crippen LogP contribution in [0.4, 0.5) is 0 Å². The number of fused-ring (bicyclic) bond motifs is 6. The first-order valence-corrected chi connectivity index (χ1v) is 17.1. The van der Waals surface area contributed by atoms with Gasteiger partial charge in [0.25, 0.3) is 0 Å². The summed E-state index contributed by atoms with van der Waals surface area (Å²) in [6.07, 6.45) is 1.90. The van der Waals surface area contributed by atoms with E-state index in [9.17, 15) is 0 Å². The van der Waals surface area contributed by atoms with Crippen molar-refractivity contribution < 1.29 is 0 Å². The molecule has 3 heteroatoms. The van der Waals surface area contributed by atoms with Gasteiger partial charge in [-0.05, 0) is 82.4 Å². The van der Waals surface area contributed by atoms with Crippen molar-refractivity contribution in [1.29, 1.82) is 0 Å². The van der Waals surface area contributed by atoms with Crippen LogP contribution in [0.5, 0.6) is 0 Å². The maximum atomic E-state index is 4.93. The summed E-state index contributed by atoms with van der Waals surface area (Å²) >= 11 is 0. The molecule has 0 aliphatic carbocycles. The van der Waals surface area contributed by atoms with Crippen LogP contribution in [-0.4, -0.2) is 14.1 Å². The van der Waals surface area contributed by atoms with E-state index in [0.717, 1.165) is 38.9 Å². The third kappa shape index (κ3) is 4.48. The molecule has 0 aliphatic rings. The predicted molar refractivity (Wildman–Crippen MR) is 209 cm³/mol. The van der Waals surface area contributed by atoms with Crippen molar-refractivity contribution in [2.45, 2.75) is 0 Å². The molecule has 234 valence electrons. The minimum absolute atomic E-state index is 1.000. The maximum absolute atomic E-state index is 4.93. The Morgan fingerprint density at radius 2 is 0.960 bits per heavy atom. The highest BCUT2D eigenvalue weighted by molar-refractivity contribution is 6.15. The van der Waals surface area contributed by atoms with E-state index in [1.165, 1.54) is 49.6 Å². The number of para-hydroxylation sites is 2. The van der Waals surface area contributed by atoms with Gasteiger partial charge in [-0.15, -0.1) is 0 Å². The van der Waals surface area contributed by atoms with E-state index >= 15 is 0 Å². The lowest BCUT2D eigenvalue weighted by atomic mass is 10.00. The van der Waals surface area contributed by atoms with Crippen LogP contribution in [0.2, 0.25) is 0 Å². The number of aromatic nitrogens is 3. The van der Waals surface area contributed by atoms with Crippen molar-refractivity contribution in [2.75, 3.05) is 0 Å². The second-order valence-electron chi connectivity index (χ2n) is 12.8. The second-order valence-corrected chi connectivity index (χ2v) is 12.8. The molecular formula is C47H31N3. The van der Waals surface area contributed by atoms with Crippen molar-refractivity contribution in [3.05, 3.63) is 188 Å². The summed E-state index contributed by atoms with van der Waals surface area (Å²) < 4.78 is 4.77. The zero-order valence-electron chi connectivity index (χ0n) is 27.2. The van der Waals surface area contributed by atoms with Gasteiger partial charge in [-0.3, -0.25) is 4.98 Å². The SMILES string of the molecule is c1ccc(-c2ccc(-n3c4ccc(-c5cccc6c7ccccc7n(-c7cccc(-c8ccccc8)c7)c56)cc4c4ncccc43)cc2)cc1. The van der Waals surface area contributed by atoms with E-state index in [-0.39, 0.29) is 0 Å². The number of benzene rings is 7. The molecule has 7 aromatic carbocycles. The Kier molecular flexibility index (Phi) is 6.49. The van der Waals surface area contributed by atoms with E-state index in [0.29, 0.717) is 0 Å². The van der Waals surface area contributed by atoms with Gasteiger partial charge in [-0.1, -0.05) is 127 Å². The molecule has 3 heterocycles. The Bertz CT molecular complexity index is 2840. The average molecular weight is 638 g/mol. The summed E-state index contributed by atoms with van der Waals surface area (Å²) in [4.78, 5) is 4.93. The highest BCUT2D eigenvalue weighted by atomic mass is 15.0. The molecule has 0 unspecified atom stereocenters. The quantitative estimate of drug-likeness (QED) is 0.184. The molecule has 0 bridgehead atoms. The van der Waals surface area contributed by atoms with Crippen molar-refractivity contribution >= 4 is 43.7 Å². The van der Waals surface area contributed by atoms with Crippen molar-refractivity contribution in [3.8, 4) is 44.8 Å². The van der Waals surface area contributed by atoms with E-state index in [1.807, 2.05) is 12.3 Å². The molecule has 10 aromatic rings. The third-order valence-electron chi connectivity index (χ3n) is 9.97. The summed E-state index contributed by atoms with van der Waals surface area (Å²) in [6, 6.07) is 65.4. The molecule has 0 fully saturated rings. The lowest BCUT2D eigenvalue weighted by molar-refractivity contribution is 1.17. The molecule has 10 rings (SSSR count). The van der Waals surface area contributed by atoms with Crippen LogP contribution >= 0.6 is 0 Å². The molecule has 0 radical (unpaired) electrons. The highest BCUT2D eigenvalue weighted by Crippen LogP contribution is 2.41.